The molecule has 1 aliphatic heterocycles. The third-order valence-corrected chi connectivity index (χ3v) is 3.69. The van der Waals surface area contributed by atoms with Crippen LogP contribution in [-0.4, -0.2) is 12.8 Å². The lowest BCUT2D eigenvalue weighted by molar-refractivity contribution is -0.138. The molecule has 0 fully saturated rings. The van der Waals surface area contributed by atoms with E-state index in [1.807, 2.05) is 0 Å². The molecule has 0 amide bonds. The van der Waals surface area contributed by atoms with Gasteiger partial charge in [-0.2, -0.15) is 0 Å². The van der Waals surface area contributed by atoms with Gasteiger partial charge in [-0.25, -0.2) is 9.18 Å². The molecule has 118 valence electrons. The first-order valence-corrected chi connectivity index (χ1v) is 7.59. The molecule has 0 radical (unpaired) electrons. The van der Waals surface area contributed by atoms with Crippen LogP contribution in [0.1, 0.15) is 11.1 Å². The molecule has 2 aromatic rings. The third kappa shape index (κ3) is 3.90. The normalized spacial score (nSPS) is 12.6. The van der Waals surface area contributed by atoms with Crippen molar-refractivity contribution < 1.29 is 23.4 Å². The zero-order valence-electron chi connectivity index (χ0n) is 11.9. The molecule has 0 atom stereocenters. The van der Waals surface area contributed by atoms with Crippen LogP contribution in [0, 0.1) is 5.82 Å². The number of fused-ring (bicyclic) bond motifs is 1. The average molecular weight is 379 g/mol. The molecule has 0 saturated heterocycles. The first kappa shape index (κ1) is 15.6. The summed E-state index contributed by atoms with van der Waals surface area (Å²) in [6, 6.07) is 9.91. The van der Waals surface area contributed by atoms with Crippen molar-refractivity contribution in [1.82, 2.24) is 0 Å². The standard InChI is InChI=1S/C17H12BrFO4/c18-13-4-3-12(14(19)8-13)9-21-17(20)6-2-11-1-5-15-16(7-11)23-10-22-15/h1-8H,9-10H2/b6-2+. The number of hydrogen-bond acceptors (Lipinski definition) is 4. The van der Waals surface area contributed by atoms with Gasteiger partial charge in [0.1, 0.15) is 12.4 Å². The summed E-state index contributed by atoms with van der Waals surface area (Å²) in [7, 11) is 0. The predicted octanol–water partition coefficient (Wildman–Crippen LogP) is 4.07. The molecule has 6 heteroatoms. The molecule has 1 heterocycles. The number of benzene rings is 2. The fraction of sp³-hybridized carbons (Fsp3) is 0.118. The quantitative estimate of drug-likeness (QED) is 0.594. The van der Waals surface area contributed by atoms with Crippen molar-refractivity contribution in [3.8, 4) is 11.5 Å². The molecular formula is C17H12BrFO4. The van der Waals surface area contributed by atoms with Gasteiger partial charge in [-0.1, -0.05) is 28.1 Å². The summed E-state index contributed by atoms with van der Waals surface area (Å²) < 4.78 is 29.7. The molecule has 1 aliphatic rings. The summed E-state index contributed by atoms with van der Waals surface area (Å²) in [5.74, 6) is 0.338. The Morgan fingerprint density at radius 2 is 2.04 bits per heavy atom. The predicted molar refractivity (Wildman–Crippen MR) is 85.5 cm³/mol. The van der Waals surface area contributed by atoms with Crippen molar-refractivity contribution in [3.63, 3.8) is 0 Å². The molecule has 2 aromatic carbocycles. The van der Waals surface area contributed by atoms with E-state index in [9.17, 15) is 9.18 Å². The Hall–Kier alpha value is -2.34. The van der Waals surface area contributed by atoms with Crippen molar-refractivity contribution in [3.05, 3.63) is 63.9 Å². The largest absolute Gasteiger partial charge is 0.458 e. The van der Waals surface area contributed by atoms with Crippen LogP contribution in [-0.2, 0) is 16.1 Å². The maximum atomic E-state index is 13.6. The molecule has 4 nitrogen and oxygen atoms in total. The monoisotopic (exact) mass is 378 g/mol. The highest BCUT2D eigenvalue weighted by Gasteiger charge is 2.12. The van der Waals surface area contributed by atoms with Crippen LogP contribution >= 0.6 is 15.9 Å². The summed E-state index contributed by atoms with van der Waals surface area (Å²) in [6.07, 6.45) is 2.89. The number of carbonyl (C=O) groups is 1. The first-order chi connectivity index (χ1) is 11.1. The van der Waals surface area contributed by atoms with Gasteiger partial charge >= 0.3 is 5.97 Å². The maximum Gasteiger partial charge on any atom is 0.331 e. The van der Waals surface area contributed by atoms with Gasteiger partial charge in [0.05, 0.1) is 0 Å². The second-order valence-electron chi connectivity index (χ2n) is 4.79. The van der Waals surface area contributed by atoms with Crippen molar-refractivity contribution >= 4 is 28.0 Å². The number of ether oxygens (including phenoxy) is 3. The Morgan fingerprint density at radius 1 is 1.22 bits per heavy atom. The smallest absolute Gasteiger partial charge is 0.331 e. The van der Waals surface area contributed by atoms with E-state index < -0.39 is 11.8 Å². The van der Waals surface area contributed by atoms with Gasteiger partial charge in [0.2, 0.25) is 6.79 Å². The summed E-state index contributed by atoms with van der Waals surface area (Å²) in [4.78, 5) is 11.7. The highest BCUT2D eigenvalue weighted by molar-refractivity contribution is 9.10. The van der Waals surface area contributed by atoms with Crippen molar-refractivity contribution in [2.24, 2.45) is 0 Å². The summed E-state index contributed by atoms with van der Waals surface area (Å²) in [5, 5.41) is 0. The summed E-state index contributed by atoms with van der Waals surface area (Å²) in [6.45, 7) is 0.0761. The van der Waals surface area contributed by atoms with Gasteiger partial charge in [0, 0.05) is 16.1 Å². The first-order valence-electron chi connectivity index (χ1n) is 6.80. The van der Waals surface area contributed by atoms with Crippen LogP contribution in [0.4, 0.5) is 4.39 Å². The fourth-order valence-corrected chi connectivity index (χ4v) is 2.35. The van der Waals surface area contributed by atoms with E-state index >= 15 is 0 Å². The molecular weight excluding hydrogens is 367 g/mol. The number of esters is 1. The summed E-state index contributed by atoms with van der Waals surface area (Å²) in [5.41, 5.74) is 1.10. The zero-order valence-corrected chi connectivity index (χ0v) is 13.5. The van der Waals surface area contributed by atoms with Crippen molar-refractivity contribution in [2.45, 2.75) is 6.61 Å². The van der Waals surface area contributed by atoms with Crippen molar-refractivity contribution in [2.75, 3.05) is 6.79 Å². The van der Waals surface area contributed by atoms with Gasteiger partial charge in [0.25, 0.3) is 0 Å². The lowest BCUT2D eigenvalue weighted by Gasteiger charge is -2.04. The molecule has 0 unspecified atom stereocenters. The number of hydrogen-bond donors (Lipinski definition) is 0. The van der Waals surface area contributed by atoms with Gasteiger partial charge in [-0.15, -0.1) is 0 Å². The van der Waals surface area contributed by atoms with E-state index in [-0.39, 0.29) is 13.4 Å². The van der Waals surface area contributed by atoms with Gasteiger partial charge in [0.15, 0.2) is 11.5 Å². The molecule has 0 aromatic heterocycles. The van der Waals surface area contributed by atoms with E-state index in [0.29, 0.717) is 21.5 Å². The van der Waals surface area contributed by atoms with E-state index in [4.69, 9.17) is 14.2 Å². The van der Waals surface area contributed by atoms with Gasteiger partial charge in [-0.3, -0.25) is 0 Å². The number of rotatable bonds is 4. The topological polar surface area (TPSA) is 44.8 Å². The van der Waals surface area contributed by atoms with Gasteiger partial charge in [-0.05, 0) is 35.9 Å². The summed E-state index contributed by atoms with van der Waals surface area (Å²) >= 11 is 3.17. The Morgan fingerprint density at radius 3 is 2.87 bits per heavy atom. The van der Waals surface area contributed by atoms with E-state index in [2.05, 4.69) is 15.9 Å². The second kappa shape index (κ2) is 6.83. The highest BCUT2D eigenvalue weighted by atomic mass is 79.9. The Balaban J connectivity index is 1.58. The van der Waals surface area contributed by atoms with Crippen LogP contribution < -0.4 is 9.47 Å². The van der Waals surface area contributed by atoms with E-state index in [0.717, 1.165) is 5.56 Å². The Labute approximate surface area is 140 Å². The lowest BCUT2D eigenvalue weighted by Crippen LogP contribution is -2.02. The van der Waals surface area contributed by atoms with Crippen LogP contribution in [0.3, 0.4) is 0 Å². The third-order valence-electron chi connectivity index (χ3n) is 3.19. The molecule has 0 bridgehead atoms. The fourth-order valence-electron chi connectivity index (χ4n) is 2.02. The highest BCUT2D eigenvalue weighted by Crippen LogP contribution is 2.32. The van der Waals surface area contributed by atoms with E-state index in [1.54, 1.807) is 36.4 Å². The van der Waals surface area contributed by atoms with Crippen LogP contribution in [0.5, 0.6) is 11.5 Å². The molecule has 0 aliphatic carbocycles. The minimum atomic E-state index is -0.551. The van der Waals surface area contributed by atoms with E-state index in [1.165, 1.54) is 12.1 Å². The van der Waals surface area contributed by atoms with Crippen molar-refractivity contribution in [1.29, 1.82) is 0 Å². The second-order valence-corrected chi connectivity index (χ2v) is 5.71. The Kier molecular flexibility index (Phi) is 4.62. The van der Waals surface area contributed by atoms with Gasteiger partial charge < -0.3 is 14.2 Å². The zero-order chi connectivity index (χ0) is 16.2. The molecule has 0 saturated carbocycles. The Bertz CT molecular complexity index is 773. The molecule has 3 rings (SSSR count). The minimum Gasteiger partial charge on any atom is -0.458 e. The van der Waals surface area contributed by atoms with Crippen LogP contribution in [0.25, 0.3) is 6.08 Å². The number of carbonyl (C=O) groups excluding carboxylic acids is 1. The van der Waals surface area contributed by atoms with Crippen LogP contribution in [0.15, 0.2) is 46.9 Å². The SMILES string of the molecule is O=C(/C=C/c1ccc2c(c1)OCO2)OCc1ccc(Br)cc1F. The van der Waals surface area contributed by atoms with Crippen LogP contribution in [0.2, 0.25) is 0 Å². The molecule has 0 spiro atoms. The lowest BCUT2D eigenvalue weighted by atomic mass is 10.2. The minimum absolute atomic E-state index is 0.122. The molecule has 0 N–H and O–H groups in total. The number of halogens is 2. The maximum absolute atomic E-state index is 13.6. The average Bonchev–Trinajstić information content (AvgIpc) is 2.99. The molecule has 23 heavy (non-hydrogen) atoms.